The molecule has 1 aromatic carbocycles. The summed E-state index contributed by atoms with van der Waals surface area (Å²) < 4.78 is 24.2. The van der Waals surface area contributed by atoms with Crippen LogP contribution >= 0.6 is 12.4 Å². The van der Waals surface area contributed by atoms with Crippen LogP contribution in [0.1, 0.15) is 30.6 Å². The Hall–Kier alpha value is -1.11. The summed E-state index contributed by atoms with van der Waals surface area (Å²) in [6.07, 6.45) is 1.01. The summed E-state index contributed by atoms with van der Waals surface area (Å²) in [7, 11) is -1.37. The van der Waals surface area contributed by atoms with E-state index in [4.69, 9.17) is 0 Å². The topological polar surface area (TPSA) is 66.5 Å². The molecule has 1 aromatic rings. The van der Waals surface area contributed by atoms with Gasteiger partial charge in [0, 0.05) is 18.7 Å². The van der Waals surface area contributed by atoms with Gasteiger partial charge in [-0.15, -0.1) is 12.4 Å². The second kappa shape index (κ2) is 8.13. The van der Waals surface area contributed by atoms with E-state index < -0.39 is 15.1 Å². The summed E-state index contributed by atoms with van der Waals surface area (Å²) in [5.41, 5.74) is 0.549. The minimum absolute atomic E-state index is 0. The summed E-state index contributed by atoms with van der Waals surface area (Å²) in [5, 5.41) is 2.68. The van der Waals surface area contributed by atoms with Gasteiger partial charge in [0.1, 0.15) is 0 Å². The largest absolute Gasteiger partial charge is 0.338 e. The fourth-order valence-corrected chi connectivity index (χ4v) is 3.77. The standard InChI is InChI=1S/C16H24N2O3S.ClH/c1-12(2)22(20,21)15-6-4-14(5-7-15)16(19)18-9-8-13(11-18)10-17-3;/h4-7,12-13,17H,8-11H2,1-3H3;1H. The minimum atomic E-state index is -3.29. The molecule has 0 saturated carbocycles. The molecular weight excluding hydrogens is 336 g/mol. The minimum Gasteiger partial charge on any atom is -0.338 e. The summed E-state index contributed by atoms with van der Waals surface area (Å²) in [4.78, 5) is 14.6. The third-order valence-electron chi connectivity index (χ3n) is 4.12. The lowest BCUT2D eigenvalue weighted by molar-refractivity contribution is 0.0787. The molecule has 1 amide bonds. The van der Waals surface area contributed by atoms with Crippen LogP contribution in [-0.2, 0) is 9.84 Å². The maximum absolute atomic E-state index is 12.4. The molecule has 0 spiro atoms. The van der Waals surface area contributed by atoms with Gasteiger partial charge in [-0.1, -0.05) is 0 Å². The molecule has 0 aliphatic carbocycles. The Bertz CT molecular complexity index is 629. The number of hydrogen-bond acceptors (Lipinski definition) is 4. The van der Waals surface area contributed by atoms with Crippen molar-refractivity contribution in [1.82, 2.24) is 10.2 Å². The van der Waals surface area contributed by atoms with Gasteiger partial charge >= 0.3 is 0 Å². The van der Waals surface area contributed by atoms with Gasteiger partial charge in [-0.3, -0.25) is 4.79 Å². The molecule has 1 heterocycles. The highest BCUT2D eigenvalue weighted by molar-refractivity contribution is 7.92. The molecule has 1 fully saturated rings. The Morgan fingerprint density at radius 3 is 2.43 bits per heavy atom. The zero-order valence-corrected chi connectivity index (χ0v) is 15.4. The molecule has 0 aromatic heterocycles. The zero-order valence-electron chi connectivity index (χ0n) is 13.8. The number of amides is 1. The van der Waals surface area contributed by atoms with Crippen LogP contribution in [0, 0.1) is 5.92 Å². The highest BCUT2D eigenvalue weighted by atomic mass is 35.5. The van der Waals surface area contributed by atoms with Crippen LogP contribution in [0.5, 0.6) is 0 Å². The molecule has 2 rings (SSSR count). The molecule has 7 heteroatoms. The monoisotopic (exact) mass is 360 g/mol. The lowest BCUT2D eigenvalue weighted by atomic mass is 10.1. The first kappa shape index (κ1) is 19.9. The molecule has 1 unspecified atom stereocenters. The SMILES string of the molecule is CNCC1CCN(C(=O)c2ccc(S(=O)(=O)C(C)C)cc2)C1.Cl. The molecule has 1 N–H and O–H groups in total. The van der Waals surface area contributed by atoms with Crippen LogP contribution in [0.3, 0.4) is 0 Å². The lowest BCUT2D eigenvalue weighted by Crippen LogP contribution is -2.30. The second-order valence-corrected chi connectivity index (χ2v) is 8.59. The fraction of sp³-hybridized carbons (Fsp3) is 0.562. The number of sulfone groups is 1. The van der Waals surface area contributed by atoms with Crippen molar-refractivity contribution in [2.45, 2.75) is 30.4 Å². The van der Waals surface area contributed by atoms with Gasteiger partial charge in [0.15, 0.2) is 9.84 Å². The Morgan fingerprint density at radius 2 is 1.91 bits per heavy atom. The number of nitrogens with one attached hydrogen (secondary N) is 1. The van der Waals surface area contributed by atoms with Gasteiger partial charge in [-0.25, -0.2) is 8.42 Å². The number of carbonyl (C=O) groups is 1. The van der Waals surface area contributed by atoms with Crippen LogP contribution in [0.4, 0.5) is 0 Å². The number of likely N-dealkylation sites (tertiary alicyclic amines) is 1. The number of rotatable bonds is 5. The van der Waals surface area contributed by atoms with Crippen molar-refractivity contribution in [2.24, 2.45) is 5.92 Å². The number of carbonyl (C=O) groups excluding carboxylic acids is 1. The first-order chi connectivity index (χ1) is 10.4. The zero-order chi connectivity index (χ0) is 16.3. The highest BCUT2D eigenvalue weighted by Crippen LogP contribution is 2.20. The van der Waals surface area contributed by atoms with E-state index in [9.17, 15) is 13.2 Å². The molecule has 1 atom stereocenters. The average molecular weight is 361 g/mol. The molecule has 1 aliphatic heterocycles. The first-order valence-corrected chi connectivity index (χ1v) is 9.18. The van der Waals surface area contributed by atoms with Gasteiger partial charge in [0.2, 0.25) is 0 Å². The summed E-state index contributed by atoms with van der Waals surface area (Å²) >= 11 is 0. The molecule has 23 heavy (non-hydrogen) atoms. The van der Waals surface area contributed by atoms with Crippen molar-refractivity contribution in [3.63, 3.8) is 0 Å². The van der Waals surface area contributed by atoms with Crippen molar-refractivity contribution in [3.8, 4) is 0 Å². The van der Waals surface area contributed by atoms with Crippen molar-refractivity contribution < 1.29 is 13.2 Å². The van der Waals surface area contributed by atoms with E-state index in [0.29, 0.717) is 11.5 Å². The van der Waals surface area contributed by atoms with Crippen LogP contribution < -0.4 is 5.32 Å². The van der Waals surface area contributed by atoms with Gasteiger partial charge in [-0.2, -0.15) is 0 Å². The third-order valence-corrected chi connectivity index (χ3v) is 6.29. The van der Waals surface area contributed by atoms with E-state index in [1.54, 1.807) is 26.0 Å². The Kier molecular flexibility index (Phi) is 7.04. The maximum atomic E-state index is 12.4. The molecule has 1 aliphatic rings. The summed E-state index contributed by atoms with van der Waals surface area (Å²) in [6.45, 7) is 5.74. The van der Waals surface area contributed by atoms with Crippen molar-refractivity contribution in [3.05, 3.63) is 29.8 Å². The quantitative estimate of drug-likeness (QED) is 0.871. The van der Waals surface area contributed by atoms with Gasteiger partial charge in [0.25, 0.3) is 5.91 Å². The van der Waals surface area contributed by atoms with E-state index in [2.05, 4.69) is 5.32 Å². The number of benzene rings is 1. The summed E-state index contributed by atoms with van der Waals surface area (Å²) in [6, 6.07) is 6.29. The Balaban J connectivity index is 0.00000264. The highest BCUT2D eigenvalue weighted by Gasteiger charge is 2.27. The predicted octanol–water partition coefficient (Wildman–Crippen LogP) is 1.97. The van der Waals surface area contributed by atoms with E-state index >= 15 is 0 Å². The van der Waals surface area contributed by atoms with Crippen molar-refractivity contribution >= 4 is 28.2 Å². The smallest absolute Gasteiger partial charge is 0.253 e. The number of halogens is 1. The van der Waals surface area contributed by atoms with Crippen LogP contribution in [0.25, 0.3) is 0 Å². The molecule has 1 saturated heterocycles. The van der Waals surface area contributed by atoms with Gasteiger partial charge in [-0.05, 0) is 64.0 Å². The van der Waals surface area contributed by atoms with Crippen LogP contribution in [0.2, 0.25) is 0 Å². The van der Waals surface area contributed by atoms with Crippen molar-refractivity contribution in [1.29, 1.82) is 0 Å². The summed E-state index contributed by atoms with van der Waals surface area (Å²) in [5.74, 6) is 0.474. The molecule has 0 radical (unpaired) electrons. The molecular formula is C16H25ClN2O3S. The van der Waals surface area contributed by atoms with Crippen molar-refractivity contribution in [2.75, 3.05) is 26.7 Å². The fourth-order valence-electron chi connectivity index (χ4n) is 2.71. The molecule has 130 valence electrons. The second-order valence-electron chi connectivity index (χ2n) is 6.08. The number of nitrogens with zero attached hydrogens (tertiary/aromatic N) is 1. The van der Waals surface area contributed by atoms with E-state index in [-0.39, 0.29) is 23.2 Å². The van der Waals surface area contributed by atoms with Crippen LogP contribution in [0.15, 0.2) is 29.2 Å². The van der Waals surface area contributed by atoms with E-state index in [0.717, 1.165) is 26.1 Å². The van der Waals surface area contributed by atoms with E-state index in [1.165, 1.54) is 12.1 Å². The molecule has 0 bridgehead atoms. The Morgan fingerprint density at radius 1 is 1.30 bits per heavy atom. The first-order valence-electron chi connectivity index (χ1n) is 7.64. The third kappa shape index (κ3) is 4.46. The Labute approximate surface area is 144 Å². The predicted molar refractivity (Wildman–Crippen MR) is 93.9 cm³/mol. The van der Waals surface area contributed by atoms with Crippen LogP contribution in [-0.4, -0.2) is 51.2 Å². The normalized spacial score (nSPS) is 18.1. The molecule has 5 nitrogen and oxygen atoms in total. The average Bonchev–Trinajstić information content (AvgIpc) is 2.95. The number of hydrogen-bond donors (Lipinski definition) is 1. The van der Waals surface area contributed by atoms with Gasteiger partial charge < -0.3 is 10.2 Å². The lowest BCUT2D eigenvalue weighted by Gasteiger charge is -2.17. The maximum Gasteiger partial charge on any atom is 0.253 e. The van der Waals surface area contributed by atoms with Gasteiger partial charge in [0.05, 0.1) is 10.1 Å². The van der Waals surface area contributed by atoms with E-state index in [1.807, 2.05) is 11.9 Å².